The maximum atomic E-state index is 3.77. The molecule has 2 fully saturated rings. The van der Waals surface area contributed by atoms with Crippen molar-refractivity contribution in [3.05, 3.63) is 0 Å². The van der Waals surface area contributed by atoms with E-state index in [-0.39, 0.29) is 0 Å². The van der Waals surface area contributed by atoms with Gasteiger partial charge in [0.1, 0.15) is 0 Å². The van der Waals surface area contributed by atoms with Gasteiger partial charge in [0, 0.05) is 25.2 Å². The molecule has 100 valence electrons. The van der Waals surface area contributed by atoms with Crippen LogP contribution in [0.4, 0.5) is 0 Å². The summed E-state index contributed by atoms with van der Waals surface area (Å²) in [5.74, 6) is 1.89. The van der Waals surface area contributed by atoms with Gasteiger partial charge in [0.05, 0.1) is 0 Å². The van der Waals surface area contributed by atoms with Crippen molar-refractivity contribution >= 4 is 0 Å². The van der Waals surface area contributed by atoms with Gasteiger partial charge in [0.25, 0.3) is 0 Å². The third-order valence-electron chi connectivity index (χ3n) is 4.86. The summed E-state index contributed by atoms with van der Waals surface area (Å²) in [6.07, 6.45) is 6.92. The summed E-state index contributed by atoms with van der Waals surface area (Å²) in [5, 5.41) is 3.77. The number of nitrogens with one attached hydrogen (secondary N) is 1. The number of hydrogen-bond acceptors (Lipinski definition) is 2. The molecule has 2 unspecified atom stereocenters. The Morgan fingerprint density at radius 2 is 1.88 bits per heavy atom. The highest BCUT2D eigenvalue weighted by atomic mass is 15.2. The van der Waals surface area contributed by atoms with Crippen molar-refractivity contribution in [3.8, 4) is 0 Å². The fourth-order valence-corrected chi connectivity index (χ4v) is 3.10. The Labute approximate surface area is 107 Å². The molecule has 2 aliphatic rings. The van der Waals surface area contributed by atoms with Crippen LogP contribution in [-0.4, -0.2) is 36.6 Å². The summed E-state index contributed by atoms with van der Waals surface area (Å²) >= 11 is 0. The van der Waals surface area contributed by atoms with E-state index in [1.165, 1.54) is 51.7 Å². The highest BCUT2D eigenvalue weighted by Crippen LogP contribution is 2.34. The van der Waals surface area contributed by atoms with Crippen molar-refractivity contribution in [2.45, 2.75) is 65.0 Å². The molecule has 2 rings (SSSR count). The van der Waals surface area contributed by atoms with Gasteiger partial charge in [-0.25, -0.2) is 0 Å². The van der Waals surface area contributed by atoms with E-state index in [0.29, 0.717) is 0 Å². The Morgan fingerprint density at radius 3 is 2.47 bits per heavy atom. The van der Waals surface area contributed by atoms with Gasteiger partial charge in [0.15, 0.2) is 0 Å². The van der Waals surface area contributed by atoms with Crippen LogP contribution in [0.5, 0.6) is 0 Å². The normalized spacial score (nSPS) is 31.8. The van der Waals surface area contributed by atoms with Gasteiger partial charge < -0.3 is 5.32 Å². The van der Waals surface area contributed by atoms with Crippen LogP contribution in [0.2, 0.25) is 0 Å². The predicted octanol–water partition coefficient (Wildman–Crippen LogP) is 2.89. The minimum Gasteiger partial charge on any atom is -0.312 e. The molecule has 17 heavy (non-hydrogen) atoms. The topological polar surface area (TPSA) is 15.3 Å². The van der Waals surface area contributed by atoms with E-state index in [1.54, 1.807) is 0 Å². The lowest BCUT2D eigenvalue weighted by molar-refractivity contribution is 0.165. The van der Waals surface area contributed by atoms with Crippen molar-refractivity contribution < 1.29 is 0 Å². The predicted molar refractivity (Wildman–Crippen MR) is 74.2 cm³/mol. The largest absolute Gasteiger partial charge is 0.312 e. The van der Waals surface area contributed by atoms with E-state index in [9.17, 15) is 0 Å². The first-order valence-electron chi connectivity index (χ1n) is 7.72. The van der Waals surface area contributed by atoms with Gasteiger partial charge in [-0.3, -0.25) is 4.90 Å². The Balaban J connectivity index is 1.90. The van der Waals surface area contributed by atoms with Crippen LogP contribution in [0.15, 0.2) is 0 Å². The minimum absolute atomic E-state index is 0.770. The second kappa shape index (κ2) is 6.19. The van der Waals surface area contributed by atoms with E-state index in [4.69, 9.17) is 0 Å². The van der Waals surface area contributed by atoms with Gasteiger partial charge in [0.2, 0.25) is 0 Å². The van der Waals surface area contributed by atoms with Crippen LogP contribution >= 0.6 is 0 Å². The average molecular weight is 238 g/mol. The van der Waals surface area contributed by atoms with Crippen molar-refractivity contribution in [2.75, 3.05) is 19.6 Å². The van der Waals surface area contributed by atoms with Crippen molar-refractivity contribution in [2.24, 2.45) is 11.8 Å². The van der Waals surface area contributed by atoms with Crippen molar-refractivity contribution in [1.29, 1.82) is 0 Å². The molecule has 0 aromatic heterocycles. The molecule has 1 heterocycles. The van der Waals surface area contributed by atoms with E-state index in [1.807, 2.05) is 0 Å². The van der Waals surface area contributed by atoms with E-state index < -0.39 is 0 Å². The molecule has 1 saturated heterocycles. The molecule has 0 aromatic carbocycles. The average Bonchev–Trinajstić information content (AvgIpc) is 3.15. The first-order chi connectivity index (χ1) is 8.24. The first kappa shape index (κ1) is 13.4. The molecule has 0 spiro atoms. The molecule has 0 radical (unpaired) electrons. The lowest BCUT2D eigenvalue weighted by atomic mass is 10.0. The van der Waals surface area contributed by atoms with Gasteiger partial charge in [-0.05, 0) is 44.6 Å². The van der Waals surface area contributed by atoms with Crippen LogP contribution in [0.25, 0.3) is 0 Å². The molecule has 2 atom stereocenters. The first-order valence-corrected chi connectivity index (χ1v) is 7.72. The zero-order valence-electron chi connectivity index (χ0n) is 11.9. The molecule has 0 bridgehead atoms. The van der Waals surface area contributed by atoms with Gasteiger partial charge in [-0.15, -0.1) is 0 Å². The van der Waals surface area contributed by atoms with Crippen LogP contribution in [0, 0.1) is 11.8 Å². The van der Waals surface area contributed by atoms with Crippen LogP contribution < -0.4 is 5.32 Å². The van der Waals surface area contributed by atoms with E-state index in [2.05, 4.69) is 31.0 Å². The summed E-state index contributed by atoms with van der Waals surface area (Å²) in [4.78, 5) is 2.76. The Morgan fingerprint density at radius 1 is 1.18 bits per heavy atom. The summed E-state index contributed by atoms with van der Waals surface area (Å²) < 4.78 is 0. The van der Waals surface area contributed by atoms with Gasteiger partial charge >= 0.3 is 0 Å². The zero-order chi connectivity index (χ0) is 12.3. The zero-order valence-corrected chi connectivity index (χ0v) is 11.9. The monoisotopic (exact) mass is 238 g/mol. The SMILES string of the molecule is CCC(CC)CN1CC(C2CC2)NCCC1C. The fourth-order valence-electron chi connectivity index (χ4n) is 3.10. The second-order valence-corrected chi connectivity index (χ2v) is 6.17. The summed E-state index contributed by atoms with van der Waals surface area (Å²) in [6.45, 7) is 10.9. The minimum atomic E-state index is 0.770. The second-order valence-electron chi connectivity index (χ2n) is 6.17. The van der Waals surface area contributed by atoms with Crippen LogP contribution in [0.3, 0.4) is 0 Å². The number of rotatable bonds is 5. The van der Waals surface area contributed by atoms with Crippen LogP contribution in [-0.2, 0) is 0 Å². The molecule has 1 saturated carbocycles. The number of nitrogens with zero attached hydrogens (tertiary/aromatic N) is 1. The Bertz CT molecular complexity index is 221. The molecule has 1 aliphatic heterocycles. The highest BCUT2D eigenvalue weighted by molar-refractivity contribution is 4.91. The van der Waals surface area contributed by atoms with Crippen molar-refractivity contribution in [3.63, 3.8) is 0 Å². The molecular formula is C15H30N2. The molecule has 1 aliphatic carbocycles. The number of hydrogen-bond donors (Lipinski definition) is 1. The fraction of sp³-hybridized carbons (Fsp3) is 1.00. The van der Waals surface area contributed by atoms with Gasteiger partial charge in [-0.1, -0.05) is 26.7 Å². The lowest BCUT2D eigenvalue weighted by Crippen LogP contribution is -2.43. The smallest absolute Gasteiger partial charge is 0.0223 e. The molecule has 0 aromatic rings. The molecular weight excluding hydrogens is 208 g/mol. The maximum absolute atomic E-state index is 3.77. The van der Waals surface area contributed by atoms with Gasteiger partial charge in [-0.2, -0.15) is 0 Å². The van der Waals surface area contributed by atoms with Crippen molar-refractivity contribution in [1.82, 2.24) is 10.2 Å². The Kier molecular flexibility index (Phi) is 4.87. The summed E-state index contributed by atoms with van der Waals surface area (Å²) in [5.41, 5.74) is 0. The maximum Gasteiger partial charge on any atom is 0.0223 e. The molecule has 1 N–H and O–H groups in total. The summed E-state index contributed by atoms with van der Waals surface area (Å²) in [7, 11) is 0. The van der Waals surface area contributed by atoms with Crippen LogP contribution in [0.1, 0.15) is 52.9 Å². The lowest BCUT2D eigenvalue weighted by Gasteiger charge is -2.32. The molecule has 2 nitrogen and oxygen atoms in total. The molecule has 2 heteroatoms. The summed E-state index contributed by atoms with van der Waals surface area (Å²) in [6, 6.07) is 1.56. The quantitative estimate of drug-likeness (QED) is 0.792. The van der Waals surface area contributed by atoms with E-state index in [0.717, 1.165) is 23.9 Å². The Hall–Kier alpha value is -0.0800. The highest BCUT2D eigenvalue weighted by Gasteiger charge is 2.34. The third kappa shape index (κ3) is 3.69. The van der Waals surface area contributed by atoms with E-state index >= 15 is 0 Å². The standard InChI is InChI=1S/C15H30N2/c1-4-13(5-2)10-17-11-15(14-6-7-14)16-9-8-12(17)3/h12-16H,4-11H2,1-3H3. The third-order valence-corrected chi connectivity index (χ3v) is 4.86. The molecule has 0 amide bonds.